The second kappa shape index (κ2) is 4.53. The second-order valence-electron chi connectivity index (χ2n) is 4.85. The van der Waals surface area contributed by atoms with E-state index in [0.29, 0.717) is 6.54 Å². The van der Waals surface area contributed by atoms with Gasteiger partial charge in [0.1, 0.15) is 5.60 Å². The molecule has 0 aliphatic heterocycles. The van der Waals surface area contributed by atoms with Crippen LogP contribution in [0.5, 0.6) is 0 Å². The lowest BCUT2D eigenvalue weighted by atomic mass is 9.86. The van der Waals surface area contributed by atoms with Gasteiger partial charge in [-0.05, 0) is 49.3 Å². The summed E-state index contributed by atoms with van der Waals surface area (Å²) in [5, 5.41) is 10.2. The van der Waals surface area contributed by atoms with Crippen molar-refractivity contribution in [2.75, 3.05) is 6.54 Å². The van der Waals surface area contributed by atoms with Crippen LogP contribution in [-0.2, 0) is 18.4 Å². The van der Waals surface area contributed by atoms with E-state index in [2.05, 4.69) is 17.6 Å². The molecule has 2 rings (SSSR count). The molecule has 1 aliphatic rings. The summed E-state index contributed by atoms with van der Waals surface area (Å²) in [6.07, 6.45) is 4.85. The van der Waals surface area contributed by atoms with Crippen LogP contribution in [0.2, 0.25) is 0 Å². The summed E-state index contributed by atoms with van der Waals surface area (Å²) in [5.74, 6) is 5.28. The van der Waals surface area contributed by atoms with Crippen LogP contribution in [0.15, 0.2) is 18.2 Å². The van der Waals surface area contributed by atoms with Crippen LogP contribution < -0.4 is 11.3 Å². The van der Waals surface area contributed by atoms with Crippen molar-refractivity contribution < 1.29 is 5.11 Å². The van der Waals surface area contributed by atoms with Crippen LogP contribution in [0.3, 0.4) is 0 Å². The molecule has 1 aliphatic carbocycles. The van der Waals surface area contributed by atoms with E-state index in [1.165, 1.54) is 30.4 Å². The topological polar surface area (TPSA) is 58.3 Å². The molecule has 0 bridgehead atoms. The quantitative estimate of drug-likeness (QED) is 0.530. The molecule has 0 spiro atoms. The van der Waals surface area contributed by atoms with Crippen molar-refractivity contribution in [3.8, 4) is 0 Å². The Morgan fingerprint density at radius 1 is 1.31 bits per heavy atom. The number of fused-ring (bicyclic) bond motifs is 1. The van der Waals surface area contributed by atoms with E-state index in [1.807, 2.05) is 6.07 Å². The predicted molar refractivity (Wildman–Crippen MR) is 64.8 cm³/mol. The maximum Gasteiger partial charge on any atom is 0.101 e. The van der Waals surface area contributed by atoms with Gasteiger partial charge >= 0.3 is 0 Å². The minimum absolute atomic E-state index is 0.367. The summed E-state index contributed by atoms with van der Waals surface area (Å²) in [5.41, 5.74) is 5.43. The number of aryl methyl sites for hydroxylation is 2. The Labute approximate surface area is 96.6 Å². The van der Waals surface area contributed by atoms with Gasteiger partial charge in [-0.15, -0.1) is 0 Å². The normalized spacial score (nSPS) is 18.9. The summed E-state index contributed by atoms with van der Waals surface area (Å²) >= 11 is 0. The van der Waals surface area contributed by atoms with Crippen LogP contribution in [0.4, 0.5) is 0 Å². The Balaban J connectivity index is 2.29. The van der Waals surface area contributed by atoms with Gasteiger partial charge in [0.25, 0.3) is 0 Å². The highest BCUT2D eigenvalue weighted by Crippen LogP contribution is 2.27. The van der Waals surface area contributed by atoms with E-state index in [4.69, 9.17) is 5.84 Å². The average Bonchev–Trinajstić information content (AvgIpc) is 2.28. The van der Waals surface area contributed by atoms with Crippen molar-refractivity contribution in [1.29, 1.82) is 0 Å². The molecule has 0 heterocycles. The Bertz CT molecular complexity index is 374. The Hall–Kier alpha value is -0.900. The first-order valence-electron chi connectivity index (χ1n) is 5.91. The highest BCUT2D eigenvalue weighted by molar-refractivity contribution is 5.36. The highest BCUT2D eigenvalue weighted by Gasteiger charge is 2.23. The van der Waals surface area contributed by atoms with Crippen LogP contribution in [0, 0.1) is 0 Å². The largest absolute Gasteiger partial charge is 0.384 e. The lowest BCUT2D eigenvalue weighted by Gasteiger charge is -2.25. The Kier molecular flexibility index (Phi) is 3.28. The third-order valence-corrected chi connectivity index (χ3v) is 3.42. The monoisotopic (exact) mass is 220 g/mol. The standard InChI is InChI=1S/C13H20N2O/c1-13(16,9-15-14)12-7-6-10-4-2-3-5-11(10)8-12/h6-8,15-16H,2-5,9,14H2,1H3. The van der Waals surface area contributed by atoms with Crippen molar-refractivity contribution >= 4 is 0 Å². The van der Waals surface area contributed by atoms with Crippen LogP contribution in [0.1, 0.15) is 36.5 Å². The third kappa shape index (κ3) is 2.26. The Morgan fingerprint density at radius 3 is 2.69 bits per heavy atom. The minimum atomic E-state index is -0.888. The van der Waals surface area contributed by atoms with E-state index in [9.17, 15) is 5.11 Å². The number of aliphatic hydroxyl groups is 1. The van der Waals surface area contributed by atoms with Gasteiger partial charge in [0.2, 0.25) is 0 Å². The molecule has 0 aromatic heterocycles. The molecule has 0 fully saturated rings. The first-order chi connectivity index (χ1) is 7.63. The van der Waals surface area contributed by atoms with Gasteiger partial charge in [-0.3, -0.25) is 11.3 Å². The molecule has 88 valence electrons. The average molecular weight is 220 g/mol. The molecule has 3 heteroatoms. The summed E-state index contributed by atoms with van der Waals surface area (Å²) in [4.78, 5) is 0. The van der Waals surface area contributed by atoms with Crippen molar-refractivity contribution in [2.24, 2.45) is 5.84 Å². The van der Waals surface area contributed by atoms with Crippen molar-refractivity contribution in [3.63, 3.8) is 0 Å². The van der Waals surface area contributed by atoms with Gasteiger partial charge in [-0.1, -0.05) is 18.2 Å². The smallest absolute Gasteiger partial charge is 0.101 e. The molecular weight excluding hydrogens is 200 g/mol. The molecule has 1 aromatic rings. The number of benzene rings is 1. The van der Waals surface area contributed by atoms with E-state index >= 15 is 0 Å². The molecule has 0 radical (unpaired) electrons. The highest BCUT2D eigenvalue weighted by atomic mass is 16.3. The Morgan fingerprint density at radius 2 is 2.00 bits per heavy atom. The second-order valence-corrected chi connectivity index (χ2v) is 4.85. The van der Waals surface area contributed by atoms with Gasteiger partial charge < -0.3 is 5.11 Å². The van der Waals surface area contributed by atoms with Gasteiger partial charge in [-0.2, -0.15) is 0 Å². The molecule has 0 saturated heterocycles. The molecular formula is C13H20N2O. The molecule has 1 aromatic carbocycles. The van der Waals surface area contributed by atoms with Crippen molar-refractivity contribution in [3.05, 3.63) is 34.9 Å². The fourth-order valence-electron chi connectivity index (χ4n) is 2.37. The molecule has 0 amide bonds. The number of nitrogens with two attached hydrogens (primary N) is 1. The van der Waals surface area contributed by atoms with Gasteiger partial charge in [-0.25, -0.2) is 0 Å². The number of hydrazine groups is 1. The molecule has 0 saturated carbocycles. The maximum atomic E-state index is 10.2. The van der Waals surface area contributed by atoms with E-state index < -0.39 is 5.60 Å². The minimum Gasteiger partial charge on any atom is -0.384 e. The van der Waals surface area contributed by atoms with Crippen LogP contribution in [0.25, 0.3) is 0 Å². The van der Waals surface area contributed by atoms with Gasteiger partial charge in [0, 0.05) is 6.54 Å². The first kappa shape index (κ1) is 11.6. The number of hydrogen-bond acceptors (Lipinski definition) is 3. The molecule has 16 heavy (non-hydrogen) atoms. The van der Waals surface area contributed by atoms with Crippen molar-refractivity contribution in [2.45, 2.75) is 38.2 Å². The van der Waals surface area contributed by atoms with E-state index in [0.717, 1.165) is 12.0 Å². The zero-order valence-electron chi connectivity index (χ0n) is 9.79. The predicted octanol–water partition coefficient (Wildman–Crippen LogP) is 1.24. The van der Waals surface area contributed by atoms with Crippen molar-refractivity contribution in [1.82, 2.24) is 5.43 Å². The molecule has 1 unspecified atom stereocenters. The number of nitrogens with one attached hydrogen (secondary N) is 1. The summed E-state index contributed by atoms with van der Waals surface area (Å²) in [6, 6.07) is 6.29. The zero-order chi connectivity index (χ0) is 11.6. The zero-order valence-corrected chi connectivity index (χ0v) is 9.79. The molecule has 4 N–H and O–H groups in total. The van der Waals surface area contributed by atoms with E-state index in [1.54, 1.807) is 6.92 Å². The number of rotatable bonds is 3. The fourth-order valence-corrected chi connectivity index (χ4v) is 2.37. The summed E-state index contributed by atoms with van der Waals surface area (Å²) in [7, 11) is 0. The van der Waals surface area contributed by atoms with Gasteiger partial charge in [0.05, 0.1) is 0 Å². The van der Waals surface area contributed by atoms with Crippen LogP contribution >= 0.6 is 0 Å². The summed E-state index contributed by atoms with van der Waals surface area (Å²) < 4.78 is 0. The first-order valence-corrected chi connectivity index (χ1v) is 5.91. The molecule has 3 nitrogen and oxygen atoms in total. The lowest BCUT2D eigenvalue weighted by molar-refractivity contribution is 0.0571. The fraction of sp³-hybridized carbons (Fsp3) is 0.538. The third-order valence-electron chi connectivity index (χ3n) is 3.42. The van der Waals surface area contributed by atoms with Crippen LogP contribution in [-0.4, -0.2) is 11.7 Å². The maximum absolute atomic E-state index is 10.2. The summed E-state index contributed by atoms with van der Waals surface area (Å²) in [6.45, 7) is 2.16. The van der Waals surface area contributed by atoms with Gasteiger partial charge in [0.15, 0.2) is 0 Å². The molecule has 1 atom stereocenters. The SMILES string of the molecule is CC(O)(CNN)c1ccc2c(c1)CCCC2. The lowest BCUT2D eigenvalue weighted by Crippen LogP contribution is -2.39. The number of hydrogen-bond donors (Lipinski definition) is 3. The van der Waals surface area contributed by atoms with E-state index in [-0.39, 0.29) is 0 Å².